The van der Waals surface area contributed by atoms with E-state index in [0.717, 1.165) is 0 Å². The molecule has 0 aromatic heterocycles. The molecule has 1 atom stereocenters. The highest BCUT2D eigenvalue weighted by atomic mass is 19.3. The van der Waals surface area contributed by atoms with Crippen molar-refractivity contribution < 1.29 is 13.9 Å². The van der Waals surface area contributed by atoms with Crippen LogP contribution in [0.15, 0.2) is 24.3 Å². The van der Waals surface area contributed by atoms with E-state index in [0.29, 0.717) is 18.4 Å². The van der Waals surface area contributed by atoms with Crippen molar-refractivity contribution in [1.29, 1.82) is 0 Å². The SMILES string of the molecule is NC1(C(c2cccc(O)c2)C(F)F)CC1. The highest BCUT2D eigenvalue weighted by Gasteiger charge is 2.50. The van der Waals surface area contributed by atoms with Crippen molar-refractivity contribution in [2.24, 2.45) is 5.73 Å². The third kappa shape index (κ3) is 1.95. The number of benzene rings is 1. The molecule has 3 N–H and O–H groups in total. The number of phenols is 1. The molecule has 0 spiro atoms. The second-order valence-corrected chi connectivity index (χ2v) is 4.14. The van der Waals surface area contributed by atoms with Gasteiger partial charge in [0.2, 0.25) is 6.43 Å². The van der Waals surface area contributed by atoms with Gasteiger partial charge in [0, 0.05) is 5.54 Å². The number of hydrogen-bond acceptors (Lipinski definition) is 2. The van der Waals surface area contributed by atoms with Gasteiger partial charge in [-0.2, -0.15) is 0 Å². The Morgan fingerprint density at radius 1 is 1.33 bits per heavy atom. The molecule has 1 aromatic rings. The number of rotatable bonds is 3. The first kappa shape index (κ1) is 10.4. The maximum atomic E-state index is 12.9. The Hall–Kier alpha value is -1.16. The van der Waals surface area contributed by atoms with Crippen LogP contribution in [0, 0.1) is 0 Å². The molecule has 0 bridgehead atoms. The van der Waals surface area contributed by atoms with E-state index in [2.05, 4.69) is 0 Å². The smallest absolute Gasteiger partial charge is 0.247 e. The van der Waals surface area contributed by atoms with E-state index >= 15 is 0 Å². The fourth-order valence-electron chi connectivity index (χ4n) is 1.90. The Bertz CT molecular complexity index is 363. The predicted octanol–water partition coefficient (Wildman–Crippen LogP) is 2.23. The van der Waals surface area contributed by atoms with Crippen LogP contribution in [0.1, 0.15) is 24.3 Å². The summed E-state index contributed by atoms with van der Waals surface area (Å²) in [4.78, 5) is 0. The normalized spacial score (nSPS) is 20.3. The van der Waals surface area contributed by atoms with Gasteiger partial charge >= 0.3 is 0 Å². The second-order valence-electron chi connectivity index (χ2n) is 4.14. The molecular weight excluding hydrogens is 200 g/mol. The van der Waals surface area contributed by atoms with E-state index in [1.165, 1.54) is 12.1 Å². The van der Waals surface area contributed by atoms with Crippen molar-refractivity contribution in [3.63, 3.8) is 0 Å². The van der Waals surface area contributed by atoms with Crippen LogP contribution < -0.4 is 5.73 Å². The lowest BCUT2D eigenvalue weighted by atomic mass is 9.90. The fourth-order valence-corrected chi connectivity index (χ4v) is 1.90. The molecule has 2 rings (SSSR count). The first-order valence-corrected chi connectivity index (χ1v) is 4.89. The van der Waals surface area contributed by atoms with Crippen LogP contribution in [0.5, 0.6) is 5.75 Å². The summed E-state index contributed by atoms with van der Waals surface area (Å²) in [5.41, 5.74) is 5.46. The van der Waals surface area contributed by atoms with E-state index in [1.54, 1.807) is 12.1 Å². The third-order valence-corrected chi connectivity index (χ3v) is 2.93. The molecule has 1 aliphatic carbocycles. The monoisotopic (exact) mass is 213 g/mol. The highest BCUT2D eigenvalue weighted by molar-refractivity contribution is 5.34. The first-order chi connectivity index (χ1) is 7.03. The number of alkyl halides is 2. The zero-order valence-electron chi connectivity index (χ0n) is 8.16. The number of hydrogen-bond donors (Lipinski definition) is 2. The molecule has 1 fully saturated rings. The minimum absolute atomic E-state index is 0.00222. The topological polar surface area (TPSA) is 46.2 Å². The largest absolute Gasteiger partial charge is 0.508 e. The summed E-state index contributed by atoms with van der Waals surface area (Å²) in [6.07, 6.45) is -1.24. The molecule has 0 aliphatic heterocycles. The fraction of sp³-hybridized carbons (Fsp3) is 0.455. The Labute approximate surface area is 86.7 Å². The van der Waals surface area contributed by atoms with Crippen molar-refractivity contribution in [2.45, 2.75) is 30.7 Å². The van der Waals surface area contributed by atoms with Crippen LogP contribution >= 0.6 is 0 Å². The van der Waals surface area contributed by atoms with Gasteiger partial charge in [0.25, 0.3) is 0 Å². The van der Waals surface area contributed by atoms with Gasteiger partial charge in [0.05, 0.1) is 5.92 Å². The summed E-state index contributed by atoms with van der Waals surface area (Å²) >= 11 is 0. The number of halogens is 2. The van der Waals surface area contributed by atoms with Gasteiger partial charge in [0.1, 0.15) is 5.75 Å². The van der Waals surface area contributed by atoms with Gasteiger partial charge in [-0.05, 0) is 30.5 Å². The molecule has 1 aliphatic rings. The van der Waals surface area contributed by atoms with E-state index < -0.39 is 17.9 Å². The standard InChI is InChI=1S/C11H13F2NO/c12-10(13)9(11(14)4-5-11)7-2-1-3-8(15)6-7/h1-3,6,9-10,15H,4-5,14H2. The Balaban J connectivity index is 2.33. The summed E-state index contributed by atoms with van der Waals surface area (Å²) in [7, 11) is 0. The zero-order valence-corrected chi connectivity index (χ0v) is 8.16. The van der Waals surface area contributed by atoms with E-state index in [4.69, 9.17) is 5.73 Å². The van der Waals surface area contributed by atoms with Gasteiger partial charge in [-0.15, -0.1) is 0 Å². The van der Waals surface area contributed by atoms with Crippen LogP contribution in [0.2, 0.25) is 0 Å². The minimum atomic E-state index is -2.49. The van der Waals surface area contributed by atoms with E-state index in [-0.39, 0.29) is 5.75 Å². The second kappa shape index (κ2) is 3.45. The van der Waals surface area contributed by atoms with Crippen molar-refractivity contribution in [1.82, 2.24) is 0 Å². The molecule has 15 heavy (non-hydrogen) atoms. The zero-order chi connectivity index (χ0) is 11.1. The molecule has 0 radical (unpaired) electrons. The lowest BCUT2D eigenvalue weighted by molar-refractivity contribution is 0.0974. The lowest BCUT2D eigenvalue weighted by Gasteiger charge is -2.23. The maximum Gasteiger partial charge on any atom is 0.247 e. The molecule has 4 heteroatoms. The number of phenolic OH excluding ortho intramolecular Hbond substituents is 1. The van der Waals surface area contributed by atoms with Crippen LogP contribution in [0.25, 0.3) is 0 Å². The van der Waals surface area contributed by atoms with Crippen LogP contribution in [0.4, 0.5) is 8.78 Å². The summed E-state index contributed by atoms with van der Waals surface area (Å²) in [6.45, 7) is 0. The molecule has 0 amide bonds. The lowest BCUT2D eigenvalue weighted by Crippen LogP contribution is -2.35. The first-order valence-electron chi connectivity index (χ1n) is 4.89. The molecule has 0 saturated heterocycles. The average molecular weight is 213 g/mol. The van der Waals surface area contributed by atoms with Crippen molar-refractivity contribution in [3.8, 4) is 5.75 Å². The van der Waals surface area contributed by atoms with Crippen molar-refractivity contribution in [3.05, 3.63) is 29.8 Å². The highest BCUT2D eigenvalue weighted by Crippen LogP contribution is 2.48. The molecule has 82 valence electrons. The van der Waals surface area contributed by atoms with Crippen LogP contribution in [-0.2, 0) is 0 Å². The quantitative estimate of drug-likeness (QED) is 0.808. The Morgan fingerprint density at radius 2 is 2.00 bits per heavy atom. The predicted molar refractivity (Wildman–Crippen MR) is 53.0 cm³/mol. The molecule has 0 heterocycles. The van der Waals surface area contributed by atoms with Gasteiger partial charge in [-0.3, -0.25) is 0 Å². The molecule has 2 nitrogen and oxygen atoms in total. The number of nitrogens with two attached hydrogens (primary N) is 1. The van der Waals surface area contributed by atoms with E-state index in [1.807, 2.05) is 0 Å². The van der Waals surface area contributed by atoms with Crippen molar-refractivity contribution in [2.75, 3.05) is 0 Å². The summed E-state index contributed by atoms with van der Waals surface area (Å²) < 4.78 is 25.8. The third-order valence-electron chi connectivity index (χ3n) is 2.93. The van der Waals surface area contributed by atoms with Gasteiger partial charge in [0.15, 0.2) is 0 Å². The van der Waals surface area contributed by atoms with Crippen molar-refractivity contribution >= 4 is 0 Å². The number of aromatic hydroxyl groups is 1. The molecular formula is C11H13F2NO. The molecule has 1 saturated carbocycles. The summed E-state index contributed by atoms with van der Waals surface area (Å²) in [6, 6.07) is 5.97. The van der Waals surface area contributed by atoms with Gasteiger partial charge in [-0.25, -0.2) is 8.78 Å². The Kier molecular flexibility index (Phi) is 2.38. The van der Waals surface area contributed by atoms with Crippen LogP contribution in [-0.4, -0.2) is 17.1 Å². The van der Waals surface area contributed by atoms with Crippen LogP contribution in [0.3, 0.4) is 0 Å². The molecule has 1 aromatic carbocycles. The Morgan fingerprint density at radius 3 is 2.47 bits per heavy atom. The van der Waals surface area contributed by atoms with Gasteiger partial charge in [-0.1, -0.05) is 12.1 Å². The summed E-state index contributed by atoms with van der Waals surface area (Å²) in [5.74, 6) is -0.966. The average Bonchev–Trinajstić information content (AvgIpc) is 2.83. The minimum Gasteiger partial charge on any atom is -0.508 e. The summed E-state index contributed by atoms with van der Waals surface area (Å²) in [5, 5.41) is 9.24. The maximum absolute atomic E-state index is 12.9. The van der Waals surface area contributed by atoms with Gasteiger partial charge < -0.3 is 10.8 Å². The van der Waals surface area contributed by atoms with E-state index in [9.17, 15) is 13.9 Å². The molecule has 1 unspecified atom stereocenters.